The van der Waals surface area contributed by atoms with Gasteiger partial charge >= 0.3 is 0 Å². The Hall–Kier alpha value is -2.57. The molecule has 1 aromatic carbocycles. The van der Waals surface area contributed by atoms with Gasteiger partial charge in [-0.3, -0.25) is 0 Å². The Labute approximate surface area is 137 Å². The Morgan fingerprint density at radius 1 is 1.25 bits per heavy atom. The van der Waals surface area contributed by atoms with Crippen molar-refractivity contribution in [1.29, 1.82) is 0 Å². The Balaban J connectivity index is 1.89. The molecule has 1 atom stereocenters. The monoisotopic (exact) mass is 329 g/mol. The van der Waals surface area contributed by atoms with E-state index in [0.29, 0.717) is 11.1 Å². The van der Waals surface area contributed by atoms with Gasteiger partial charge in [-0.25, -0.2) is 13.8 Å². The second kappa shape index (κ2) is 5.51. The van der Waals surface area contributed by atoms with Gasteiger partial charge in [0.05, 0.1) is 6.04 Å². The predicted octanol–water partition coefficient (Wildman–Crippen LogP) is 3.29. The first-order valence-electron chi connectivity index (χ1n) is 7.92. The van der Waals surface area contributed by atoms with Crippen molar-refractivity contribution in [3.8, 4) is 0 Å². The van der Waals surface area contributed by atoms with E-state index in [1.165, 1.54) is 0 Å². The zero-order valence-electron chi connectivity index (χ0n) is 13.5. The molecule has 1 fully saturated rings. The van der Waals surface area contributed by atoms with Crippen molar-refractivity contribution in [3.05, 3.63) is 47.7 Å². The van der Waals surface area contributed by atoms with E-state index in [2.05, 4.69) is 20.1 Å². The Bertz CT molecular complexity index is 921. The van der Waals surface area contributed by atoms with Crippen LogP contribution in [0.5, 0.6) is 0 Å². The van der Waals surface area contributed by atoms with Gasteiger partial charge in [0, 0.05) is 30.4 Å². The molecular formula is C17H17F2N5. The minimum absolute atomic E-state index is 0.0654. The van der Waals surface area contributed by atoms with Gasteiger partial charge in [-0.1, -0.05) is 0 Å². The fourth-order valence-electron chi connectivity index (χ4n) is 3.50. The summed E-state index contributed by atoms with van der Waals surface area (Å²) in [6, 6.07) is 4.75. The highest BCUT2D eigenvalue weighted by Gasteiger charge is 2.31. The van der Waals surface area contributed by atoms with Crippen molar-refractivity contribution >= 4 is 16.6 Å². The van der Waals surface area contributed by atoms with Gasteiger partial charge in [-0.2, -0.15) is 0 Å². The lowest BCUT2D eigenvalue weighted by atomic mass is 10.1. The zero-order chi connectivity index (χ0) is 16.8. The maximum Gasteiger partial charge on any atom is 0.185 e. The van der Waals surface area contributed by atoms with Crippen LogP contribution in [0.3, 0.4) is 0 Å². The molecule has 4 rings (SSSR count). The molecule has 0 bridgehead atoms. The van der Waals surface area contributed by atoms with Crippen LogP contribution in [0, 0.1) is 18.6 Å². The van der Waals surface area contributed by atoms with Crippen molar-refractivity contribution < 1.29 is 8.78 Å². The number of aromatic nitrogens is 4. The maximum absolute atomic E-state index is 14.2. The predicted molar refractivity (Wildman–Crippen MR) is 86.7 cm³/mol. The van der Waals surface area contributed by atoms with Crippen LogP contribution >= 0.6 is 0 Å². The summed E-state index contributed by atoms with van der Waals surface area (Å²) in [4.78, 5) is 6.39. The van der Waals surface area contributed by atoms with Gasteiger partial charge in [-0.15, -0.1) is 10.2 Å². The minimum Gasteiger partial charge on any atom is -0.361 e. The second-order valence-electron chi connectivity index (χ2n) is 6.19. The molecule has 0 saturated carbocycles. The van der Waals surface area contributed by atoms with Crippen molar-refractivity contribution in [2.45, 2.75) is 25.8 Å². The van der Waals surface area contributed by atoms with Crippen LogP contribution in [0.2, 0.25) is 0 Å². The molecule has 3 aromatic rings. The molecule has 0 aliphatic carbocycles. The molecule has 24 heavy (non-hydrogen) atoms. The summed E-state index contributed by atoms with van der Waals surface area (Å²) in [6.07, 6.45) is 3.62. The average molecular weight is 329 g/mol. The molecule has 0 spiro atoms. The number of aryl methyl sites for hydroxylation is 2. The van der Waals surface area contributed by atoms with Gasteiger partial charge in [0.15, 0.2) is 17.5 Å². The molecule has 3 heterocycles. The minimum atomic E-state index is -0.896. The van der Waals surface area contributed by atoms with Crippen molar-refractivity contribution in [2.75, 3.05) is 11.4 Å². The van der Waals surface area contributed by atoms with E-state index < -0.39 is 11.6 Å². The van der Waals surface area contributed by atoms with Crippen molar-refractivity contribution in [1.82, 2.24) is 19.7 Å². The van der Waals surface area contributed by atoms with Gasteiger partial charge in [0.25, 0.3) is 0 Å². The van der Waals surface area contributed by atoms with E-state index in [4.69, 9.17) is 0 Å². The van der Waals surface area contributed by atoms with Crippen LogP contribution in [0.15, 0.2) is 24.5 Å². The van der Waals surface area contributed by atoms with Crippen LogP contribution in [-0.2, 0) is 7.05 Å². The van der Waals surface area contributed by atoms with Gasteiger partial charge < -0.3 is 9.47 Å². The van der Waals surface area contributed by atoms with Crippen LogP contribution in [-0.4, -0.2) is 26.3 Å². The number of halogens is 2. The Kier molecular flexibility index (Phi) is 3.44. The lowest BCUT2D eigenvalue weighted by molar-refractivity contribution is 0.515. The average Bonchev–Trinajstić information content (AvgIpc) is 3.19. The molecular weight excluding hydrogens is 312 g/mol. The summed E-state index contributed by atoms with van der Waals surface area (Å²) >= 11 is 0. The summed E-state index contributed by atoms with van der Waals surface area (Å²) in [5.74, 6) is -0.901. The van der Waals surface area contributed by atoms with E-state index in [9.17, 15) is 8.78 Å². The smallest absolute Gasteiger partial charge is 0.185 e. The summed E-state index contributed by atoms with van der Waals surface area (Å²) in [5.41, 5.74) is 1.60. The van der Waals surface area contributed by atoms with Gasteiger partial charge in [0.2, 0.25) is 0 Å². The standard InChI is InChI=1S/C17H17F2N5/c1-10-8-14(11-5-6-12(18)15(19)16(11)21-10)24-7-3-4-13(24)17-22-20-9-23(17)2/h5-6,8-9,13H,3-4,7H2,1-2H3/t13-/m1/s1. The van der Waals surface area contributed by atoms with Gasteiger partial charge in [-0.05, 0) is 38.0 Å². The number of hydrogen-bond acceptors (Lipinski definition) is 4. The third kappa shape index (κ3) is 2.23. The summed E-state index contributed by atoms with van der Waals surface area (Å²) < 4.78 is 29.7. The molecule has 1 aliphatic heterocycles. The molecule has 0 radical (unpaired) electrons. The summed E-state index contributed by atoms with van der Waals surface area (Å²) in [6.45, 7) is 2.62. The first kappa shape index (κ1) is 15.0. The number of anilines is 1. The molecule has 124 valence electrons. The highest BCUT2D eigenvalue weighted by molar-refractivity contribution is 5.92. The lowest BCUT2D eigenvalue weighted by Crippen LogP contribution is -2.25. The van der Waals surface area contributed by atoms with E-state index in [-0.39, 0.29) is 11.6 Å². The molecule has 2 aromatic heterocycles. The lowest BCUT2D eigenvalue weighted by Gasteiger charge is -2.27. The molecule has 1 aliphatic rings. The summed E-state index contributed by atoms with van der Waals surface area (Å²) in [7, 11) is 1.91. The number of nitrogens with zero attached hydrogens (tertiary/aromatic N) is 5. The highest BCUT2D eigenvalue weighted by atomic mass is 19.2. The number of rotatable bonds is 2. The number of pyridine rings is 1. The molecule has 5 nitrogen and oxygen atoms in total. The quantitative estimate of drug-likeness (QED) is 0.724. The third-order valence-corrected chi connectivity index (χ3v) is 4.59. The Morgan fingerprint density at radius 2 is 2.08 bits per heavy atom. The van der Waals surface area contributed by atoms with Crippen LogP contribution in [0.4, 0.5) is 14.5 Å². The maximum atomic E-state index is 14.2. The third-order valence-electron chi connectivity index (χ3n) is 4.59. The number of benzene rings is 1. The fraction of sp³-hybridized carbons (Fsp3) is 0.353. The van der Waals surface area contributed by atoms with Crippen molar-refractivity contribution in [2.24, 2.45) is 7.05 Å². The number of fused-ring (bicyclic) bond motifs is 1. The highest BCUT2D eigenvalue weighted by Crippen LogP contribution is 2.39. The zero-order valence-corrected chi connectivity index (χ0v) is 13.5. The van der Waals surface area contributed by atoms with Crippen molar-refractivity contribution in [3.63, 3.8) is 0 Å². The molecule has 1 saturated heterocycles. The molecule has 0 N–H and O–H groups in total. The van der Waals surface area contributed by atoms with Crippen LogP contribution < -0.4 is 4.90 Å². The summed E-state index contributed by atoms with van der Waals surface area (Å²) in [5, 5.41) is 8.81. The molecule has 0 amide bonds. The number of hydrogen-bond donors (Lipinski definition) is 0. The first-order chi connectivity index (χ1) is 11.6. The van der Waals surface area contributed by atoms with E-state index in [0.717, 1.165) is 37.0 Å². The fourth-order valence-corrected chi connectivity index (χ4v) is 3.50. The molecule has 7 heteroatoms. The second-order valence-corrected chi connectivity index (χ2v) is 6.19. The normalized spacial score (nSPS) is 17.8. The van der Waals surface area contributed by atoms with Gasteiger partial charge in [0.1, 0.15) is 11.8 Å². The van der Waals surface area contributed by atoms with Crippen LogP contribution in [0.25, 0.3) is 10.9 Å². The van der Waals surface area contributed by atoms with E-state index in [1.807, 2.05) is 17.7 Å². The first-order valence-corrected chi connectivity index (χ1v) is 7.92. The topological polar surface area (TPSA) is 46.8 Å². The SMILES string of the molecule is Cc1cc(N2CCC[C@@H]2c2nncn2C)c2ccc(F)c(F)c2n1. The molecule has 0 unspecified atom stereocenters. The van der Waals surface area contributed by atoms with E-state index >= 15 is 0 Å². The van der Waals surface area contributed by atoms with Crippen LogP contribution in [0.1, 0.15) is 30.4 Å². The largest absolute Gasteiger partial charge is 0.361 e. The van der Waals surface area contributed by atoms with E-state index in [1.54, 1.807) is 19.3 Å². The Morgan fingerprint density at radius 3 is 2.83 bits per heavy atom.